The van der Waals surface area contributed by atoms with Crippen molar-refractivity contribution >= 4 is 11.9 Å². The zero-order valence-corrected chi connectivity index (χ0v) is 27.8. The van der Waals surface area contributed by atoms with E-state index in [-0.39, 0.29) is 11.9 Å². The number of esters is 2. The fourth-order valence-corrected chi connectivity index (χ4v) is 4.73. The summed E-state index contributed by atoms with van der Waals surface area (Å²) in [5.74, 6) is 0.0132. The van der Waals surface area contributed by atoms with Crippen LogP contribution >= 0.6 is 0 Å². The fourth-order valence-electron chi connectivity index (χ4n) is 4.73. The Hall–Kier alpha value is -1.06. The minimum atomic E-state index is 0.00659. The fraction of sp³-hybridized carbons (Fsp3) is 0.944. The number of hydrogen-bond donors (Lipinski definition) is 0. The molecular weight excluding hydrogens is 496 g/mol. The van der Waals surface area contributed by atoms with Crippen LogP contribution in [0.1, 0.15) is 207 Å². The van der Waals surface area contributed by atoms with Gasteiger partial charge in [0, 0.05) is 12.8 Å². The highest BCUT2D eigenvalue weighted by atomic mass is 16.5. The average molecular weight is 569 g/mol. The minimum Gasteiger partial charge on any atom is -0.466 e. The van der Waals surface area contributed by atoms with Gasteiger partial charge in [-0.1, -0.05) is 169 Å². The lowest BCUT2D eigenvalue weighted by Crippen LogP contribution is -2.05. The Balaban J connectivity index is 0. The topological polar surface area (TPSA) is 52.6 Å². The van der Waals surface area contributed by atoms with Crippen molar-refractivity contribution in [3.8, 4) is 0 Å². The van der Waals surface area contributed by atoms with E-state index >= 15 is 0 Å². The molecule has 0 saturated carbocycles. The lowest BCUT2D eigenvalue weighted by molar-refractivity contribution is -0.144. The number of ether oxygens (including phenoxy) is 2. The zero-order chi connectivity index (χ0) is 29.8. The molecule has 4 heteroatoms. The molecule has 0 aliphatic carbocycles. The first-order valence-electron chi connectivity index (χ1n) is 17.9. The van der Waals surface area contributed by atoms with Crippen LogP contribution in [0.25, 0.3) is 0 Å². The SMILES string of the molecule is CCCCCCCCCC(=O)OCCCCCCCC.CCCCCCCCCC(=O)OCCCCCCCC. The van der Waals surface area contributed by atoms with Crippen molar-refractivity contribution in [1.29, 1.82) is 0 Å². The number of rotatable bonds is 30. The molecule has 0 atom stereocenters. The average Bonchev–Trinajstić information content (AvgIpc) is 2.95. The Morgan fingerprint density at radius 1 is 0.325 bits per heavy atom. The van der Waals surface area contributed by atoms with Crippen LogP contribution in [0.5, 0.6) is 0 Å². The second-order valence-corrected chi connectivity index (χ2v) is 11.7. The van der Waals surface area contributed by atoms with Crippen molar-refractivity contribution in [2.75, 3.05) is 13.2 Å². The Morgan fingerprint density at radius 2 is 0.550 bits per heavy atom. The van der Waals surface area contributed by atoms with Crippen molar-refractivity contribution < 1.29 is 19.1 Å². The molecule has 0 fully saturated rings. The van der Waals surface area contributed by atoms with Crippen molar-refractivity contribution in [1.82, 2.24) is 0 Å². The van der Waals surface area contributed by atoms with Crippen molar-refractivity contribution in [3.05, 3.63) is 0 Å². The van der Waals surface area contributed by atoms with Gasteiger partial charge in [0.2, 0.25) is 0 Å². The summed E-state index contributed by atoms with van der Waals surface area (Å²) in [5, 5.41) is 0. The maximum absolute atomic E-state index is 11.5. The van der Waals surface area contributed by atoms with Crippen molar-refractivity contribution in [3.63, 3.8) is 0 Å². The lowest BCUT2D eigenvalue weighted by Gasteiger charge is -2.05. The zero-order valence-electron chi connectivity index (χ0n) is 27.8. The summed E-state index contributed by atoms with van der Waals surface area (Å²) in [6.45, 7) is 10.2. The molecule has 4 nitrogen and oxygen atoms in total. The van der Waals surface area contributed by atoms with E-state index in [4.69, 9.17) is 9.47 Å². The molecule has 0 heterocycles. The van der Waals surface area contributed by atoms with E-state index in [2.05, 4.69) is 27.7 Å². The summed E-state index contributed by atoms with van der Waals surface area (Å²) >= 11 is 0. The van der Waals surface area contributed by atoms with Crippen LogP contribution in [-0.2, 0) is 19.1 Å². The molecule has 0 bridgehead atoms. The highest BCUT2D eigenvalue weighted by Gasteiger charge is 2.03. The monoisotopic (exact) mass is 569 g/mol. The molecule has 40 heavy (non-hydrogen) atoms. The van der Waals surface area contributed by atoms with E-state index in [9.17, 15) is 9.59 Å². The van der Waals surface area contributed by atoms with Crippen molar-refractivity contribution in [2.45, 2.75) is 207 Å². The van der Waals surface area contributed by atoms with Crippen LogP contribution in [0.4, 0.5) is 0 Å². The van der Waals surface area contributed by atoms with Gasteiger partial charge in [0.15, 0.2) is 0 Å². The standard InChI is InChI=1S/2C18H36O2/c2*1-3-5-7-9-11-12-14-16-18(19)20-17-15-13-10-8-6-4-2/h2*3-17H2,1-2H3. The van der Waals surface area contributed by atoms with Crippen LogP contribution in [0.2, 0.25) is 0 Å². The third-order valence-corrected chi connectivity index (χ3v) is 7.49. The van der Waals surface area contributed by atoms with E-state index in [1.54, 1.807) is 0 Å². The van der Waals surface area contributed by atoms with Gasteiger partial charge in [0.1, 0.15) is 0 Å². The third-order valence-electron chi connectivity index (χ3n) is 7.49. The molecule has 0 radical (unpaired) electrons. The van der Waals surface area contributed by atoms with Gasteiger partial charge < -0.3 is 9.47 Å². The van der Waals surface area contributed by atoms with Crippen LogP contribution in [0, 0.1) is 0 Å². The number of carbonyl (C=O) groups is 2. The Bertz CT molecular complexity index is 407. The molecule has 0 saturated heterocycles. The predicted molar refractivity (Wildman–Crippen MR) is 174 cm³/mol. The van der Waals surface area contributed by atoms with Gasteiger partial charge in [-0.15, -0.1) is 0 Å². The predicted octanol–water partition coefficient (Wildman–Crippen LogP) is 12.1. The molecule has 0 spiro atoms. The maximum atomic E-state index is 11.5. The lowest BCUT2D eigenvalue weighted by atomic mass is 10.1. The molecule has 0 unspecified atom stereocenters. The summed E-state index contributed by atoms with van der Waals surface area (Å²) in [5.41, 5.74) is 0. The highest BCUT2D eigenvalue weighted by Crippen LogP contribution is 2.11. The summed E-state index contributed by atoms with van der Waals surface area (Å²) in [4.78, 5) is 23.0. The van der Waals surface area contributed by atoms with Gasteiger partial charge in [0.25, 0.3) is 0 Å². The third kappa shape index (κ3) is 39.1. The van der Waals surface area contributed by atoms with Crippen LogP contribution < -0.4 is 0 Å². The quantitative estimate of drug-likeness (QED) is 0.0638. The Morgan fingerprint density at radius 3 is 0.825 bits per heavy atom. The number of unbranched alkanes of at least 4 members (excludes halogenated alkanes) is 22. The van der Waals surface area contributed by atoms with E-state index in [1.165, 1.54) is 141 Å². The van der Waals surface area contributed by atoms with E-state index in [1.807, 2.05) is 0 Å². The molecule has 0 aromatic rings. The molecule has 0 aliphatic rings. The van der Waals surface area contributed by atoms with E-state index in [0.29, 0.717) is 26.1 Å². The van der Waals surface area contributed by atoms with Crippen LogP contribution in [0.3, 0.4) is 0 Å². The van der Waals surface area contributed by atoms with Gasteiger partial charge >= 0.3 is 11.9 Å². The minimum absolute atomic E-state index is 0.00659. The van der Waals surface area contributed by atoms with Gasteiger partial charge in [-0.2, -0.15) is 0 Å². The molecule has 240 valence electrons. The molecule has 0 aromatic heterocycles. The van der Waals surface area contributed by atoms with E-state index in [0.717, 1.165) is 25.7 Å². The first-order valence-corrected chi connectivity index (χ1v) is 17.9. The number of carbonyl (C=O) groups excluding carboxylic acids is 2. The Labute approximate surface area is 251 Å². The van der Waals surface area contributed by atoms with Crippen LogP contribution in [-0.4, -0.2) is 25.2 Å². The summed E-state index contributed by atoms with van der Waals surface area (Å²) in [6, 6.07) is 0. The second-order valence-electron chi connectivity index (χ2n) is 11.7. The molecule has 0 rings (SSSR count). The summed E-state index contributed by atoms with van der Waals surface area (Å²) in [6.07, 6.45) is 33.6. The van der Waals surface area contributed by atoms with Gasteiger partial charge in [-0.3, -0.25) is 9.59 Å². The molecule has 0 aromatic carbocycles. The molecule has 0 N–H and O–H groups in total. The first kappa shape index (κ1) is 41.1. The Kier molecular flexibility index (Phi) is 39.0. The molecule has 0 aliphatic heterocycles. The van der Waals surface area contributed by atoms with Gasteiger partial charge in [0.05, 0.1) is 13.2 Å². The van der Waals surface area contributed by atoms with Crippen LogP contribution in [0.15, 0.2) is 0 Å². The second kappa shape index (κ2) is 37.9. The summed E-state index contributed by atoms with van der Waals surface area (Å²) in [7, 11) is 0. The highest BCUT2D eigenvalue weighted by molar-refractivity contribution is 5.69. The first-order chi connectivity index (χ1) is 19.6. The largest absolute Gasteiger partial charge is 0.466 e. The summed E-state index contributed by atoms with van der Waals surface area (Å²) < 4.78 is 10.5. The smallest absolute Gasteiger partial charge is 0.305 e. The van der Waals surface area contributed by atoms with Gasteiger partial charge in [-0.05, 0) is 25.7 Å². The van der Waals surface area contributed by atoms with Gasteiger partial charge in [-0.25, -0.2) is 0 Å². The molecular formula is C36H72O4. The van der Waals surface area contributed by atoms with Crippen molar-refractivity contribution in [2.24, 2.45) is 0 Å². The van der Waals surface area contributed by atoms with E-state index < -0.39 is 0 Å². The molecule has 0 amide bonds. The normalized spacial score (nSPS) is 10.7. The maximum Gasteiger partial charge on any atom is 0.305 e. The number of hydrogen-bond acceptors (Lipinski definition) is 4.